The summed E-state index contributed by atoms with van der Waals surface area (Å²) < 4.78 is 0. The second kappa shape index (κ2) is 6.85. The Labute approximate surface area is 141 Å². The molecular formula is C17H14N2O2S2. The number of thiophene rings is 1. The molecule has 2 aromatic heterocycles. The van der Waals surface area contributed by atoms with E-state index in [0.717, 1.165) is 16.3 Å². The molecule has 0 bridgehead atoms. The minimum Gasteiger partial charge on any atom is -0.326 e. The Kier molecular flexibility index (Phi) is 4.64. The summed E-state index contributed by atoms with van der Waals surface area (Å²) in [7, 11) is 0. The number of benzene rings is 1. The molecule has 0 saturated heterocycles. The molecule has 1 aromatic carbocycles. The van der Waals surface area contributed by atoms with Gasteiger partial charge < -0.3 is 5.32 Å². The zero-order valence-corrected chi connectivity index (χ0v) is 14.0. The van der Waals surface area contributed by atoms with E-state index < -0.39 is 0 Å². The van der Waals surface area contributed by atoms with Crippen LogP contribution in [0.1, 0.15) is 23.0 Å². The van der Waals surface area contributed by atoms with Crippen molar-refractivity contribution in [3.05, 3.63) is 57.7 Å². The number of hydrogen-bond donors (Lipinski definition) is 1. The number of ketones is 1. The number of nitrogens with one attached hydrogen (secondary N) is 1. The monoisotopic (exact) mass is 342 g/mol. The molecule has 23 heavy (non-hydrogen) atoms. The molecular weight excluding hydrogens is 328 g/mol. The summed E-state index contributed by atoms with van der Waals surface area (Å²) in [5, 5.41) is 9.70. The van der Waals surface area contributed by atoms with Gasteiger partial charge in [-0.25, -0.2) is 4.98 Å². The van der Waals surface area contributed by atoms with Crippen molar-refractivity contribution in [3.63, 3.8) is 0 Å². The van der Waals surface area contributed by atoms with E-state index in [1.807, 2.05) is 22.2 Å². The molecule has 2 heterocycles. The second-order valence-electron chi connectivity index (χ2n) is 5.01. The van der Waals surface area contributed by atoms with E-state index >= 15 is 0 Å². The molecule has 0 spiro atoms. The van der Waals surface area contributed by atoms with Crippen molar-refractivity contribution in [1.82, 2.24) is 4.98 Å². The van der Waals surface area contributed by atoms with E-state index in [1.54, 1.807) is 35.6 Å². The summed E-state index contributed by atoms with van der Waals surface area (Å²) in [4.78, 5) is 27.8. The molecule has 1 amide bonds. The van der Waals surface area contributed by atoms with Gasteiger partial charge in [-0.3, -0.25) is 9.59 Å². The number of rotatable bonds is 5. The first-order valence-corrected chi connectivity index (χ1v) is 8.82. The maximum Gasteiger partial charge on any atom is 0.230 e. The average Bonchev–Trinajstić information content (AvgIpc) is 3.18. The van der Waals surface area contributed by atoms with Crippen molar-refractivity contribution in [3.8, 4) is 10.6 Å². The Hall–Kier alpha value is -2.31. The van der Waals surface area contributed by atoms with E-state index in [4.69, 9.17) is 0 Å². The number of hydrogen-bond acceptors (Lipinski definition) is 5. The van der Waals surface area contributed by atoms with Crippen molar-refractivity contribution in [2.45, 2.75) is 13.3 Å². The topological polar surface area (TPSA) is 59.1 Å². The van der Waals surface area contributed by atoms with E-state index in [9.17, 15) is 9.59 Å². The molecule has 0 aliphatic carbocycles. The number of Topliss-reactive ketones (excluding diaryl/α,β-unsaturated/α-hetero) is 1. The third-order valence-corrected chi connectivity index (χ3v) is 4.86. The van der Waals surface area contributed by atoms with Gasteiger partial charge in [-0.2, -0.15) is 11.3 Å². The molecule has 0 atom stereocenters. The SMILES string of the molecule is CC(=O)c1ccc(NC(=O)Cc2csc(-c3ccsc3)n2)cc1. The Balaban J connectivity index is 1.62. The summed E-state index contributed by atoms with van der Waals surface area (Å²) in [5.74, 6) is -0.117. The van der Waals surface area contributed by atoms with Crippen molar-refractivity contribution >= 4 is 40.1 Å². The van der Waals surface area contributed by atoms with Crippen molar-refractivity contribution in [2.24, 2.45) is 0 Å². The predicted octanol–water partition coefficient (Wildman–Crippen LogP) is 4.26. The lowest BCUT2D eigenvalue weighted by Crippen LogP contribution is -2.14. The van der Waals surface area contributed by atoms with Gasteiger partial charge in [0.1, 0.15) is 5.01 Å². The second-order valence-corrected chi connectivity index (χ2v) is 6.65. The largest absolute Gasteiger partial charge is 0.326 e. The van der Waals surface area contributed by atoms with E-state index in [1.165, 1.54) is 18.3 Å². The summed E-state index contributed by atoms with van der Waals surface area (Å²) >= 11 is 3.16. The fourth-order valence-electron chi connectivity index (χ4n) is 2.06. The number of carbonyl (C=O) groups is 2. The lowest BCUT2D eigenvalue weighted by Gasteiger charge is -2.04. The molecule has 0 fully saturated rings. The fraction of sp³-hybridized carbons (Fsp3) is 0.118. The Morgan fingerprint density at radius 2 is 1.91 bits per heavy atom. The Morgan fingerprint density at radius 3 is 2.57 bits per heavy atom. The normalized spacial score (nSPS) is 10.5. The molecule has 3 rings (SSSR count). The first-order chi connectivity index (χ1) is 11.1. The third-order valence-electron chi connectivity index (χ3n) is 3.24. The number of carbonyl (C=O) groups excluding carboxylic acids is 2. The van der Waals surface area contributed by atoms with Crippen molar-refractivity contribution in [1.29, 1.82) is 0 Å². The predicted molar refractivity (Wildman–Crippen MR) is 94.2 cm³/mol. The summed E-state index contributed by atoms with van der Waals surface area (Å²) in [6.07, 6.45) is 0.231. The van der Waals surface area contributed by atoms with Gasteiger partial charge in [0.2, 0.25) is 5.91 Å². The molecule has 0 unspecified atom stereocenters. The standard InChI is InChI=1S/C17H14N2O2S2/c1-11(20)12-2-4-14(5-3-12)18-16(21)8-15-10-23-17(19-15)13-6-7-22-9-13/h2-7,9-10H,8H2,1H3,(H,18,21). The van der Waals surface area contributed by atoms with Crippen LogP contribution in [0.2, 0.25) is 0 Å². The van der Waals surface area contributed by atoms with Crippen LogP contribution >= 0.6 is 22.7 Å². The maximum atomic E-state index is 12.1. The van der Waals surface area contributed by atoms with Crippen molar-refractivity contribution < 1.29 is 9.59 Å². The number of aromatic nitrogens is 1. The highest BCUT2D eigenvalue weighted by atomic mass is 32.1. The zero-order valence-electron chi connectivity index (χ0n) is 12.4. The van der Waals surface area contributed by atoms with Gasteiger partial charge in [-0.05, 0) is 42.6 Å². The van der Waals surface area contributed by atoms with Crippen LogP contribution in [-0.2, 0) is 11.2 Å². The molecule has 0 aliphatic heterocycles. The van der Waals surface area contributed by atoms with E-state index in [2.05, 4.69) is 10.3 Å². The van der Waals surface area contributed by atoms with Gasteiger partial charge in [-0.15, -0.1) is 11.3 Å². The summed E-state index contributed by atoms with van der Waals surface area (Å²) in [6.45, 7) is 1.51. The van der Waals surface area contributed by atoms with Gasteiger partial charge in [0.25, 0.3) is 0 Å². The Morgan fingerprint density at radius 1 is 1.13 bits per heavy atom. The van der Waals surface area contributed by atoms with Crippen LogP contribution in [0.3, 0.4) is 0 Å². The number of nitrogens with zero attached hydrogens (tertiary/aromatic N) is 1. The minimum atomic E-state index is -0.122. The first-order valence-electron chi connectivity index (χ1n) is 6.99. The van der Waals surface area contributed by atoms with Crippen LogP contribution in [0, 0.1) is 0 Å². The van der Waals surface area contributed by atoms with Gasteiger partial charge in [0.05, 0.1) is 12.1 Å². The van der Waals surface area contributed by atoms with Crippen LogP contribution in [-0.4, -0.2) is 16.7 Å². The van der Waals surface area contributed by atoms with E-state index in [0.29, 0.717) is 11.3 Å². The molecule has 4 nitrogen and oxygen atoms in total. The van der Waals surface area contributed by atoms with Crippen LogP contribution in [0.15, 0.2) is 46.5 Å². The lowest BCUT2D eigenvalue weighted by molar-refractivity contribution is -0.115. The molecule has 3 aromatic rings. The number of anilines is 1. The summed E-state index contributed by atoms with van der Waals surface area (Å²) in [5.41, 5.74) is 3.15. The fourth-order valence-corrected chi connectivity index (χ4v) is 3.60. The van der Waals surface area contributed by atoms with Crippen LogP contribution in [0.25, 0.3) is 10.6 Å². The number of amides is 1. The van der Waals surface area contributed by atoms with E-state index in [-0.39, 0.29) is 18.1 Å². The molecule has 0 saturated carbocycles. The zero-order chi connectivity index (χ0) is 16.2. The van der Waals surface area contributed by atoms with Crippen LogP contribution in [0.5, 0.6) is 0 Å². The Bertz CT molecular complexity index is 821. The molecule has 0 aliphatic rings. The van der Waals surface area contributed by atoms with Crippen molar-refractivity contribution in [2.75, 3.05) is 5.32 Å². The molecule has 6 heteroatoms. The molecule has 0 radical (unpaired) electrons. The highest BCUT2D eigenvalue weighted by Crippen LogP contribution is 2.25. The van der Waals surface area contributed by atoms with Crippen LogP contribution < -0.4 is 5.32 Å². The quantitative estimate of drug-likeness (QED) is 0.705. The smallest absolute Gasteiger partial charge is 0.230 e. The van der Waals surface area contributed by atoms with Gasteiger partial charge >= 0.3 is 0 Å². The third kappa shape index (κ3) is 3.91. The lowest BCUT2D eigenvalue weighted by atomic mass is 10.1. The molecule has 1 N–H and O–H groups in total. The highest BCUT2D eigenvalue weighted by Gasteiger charge is 2.10. The summed E-state index contributed by atoms with van der Waals surface area (Å²) in [6, 6.07) is 8.88. The van der Waals surface area contributed by atoms with Crippen LogP contribution in [0.4, 0.5) is 5.69 Å². The minimum absolute atomic E-state index is 0.00584. The van der Waals surface area contributed by atoms with Gasteiger partial charge in [-0.1, -0.05) is 0 Å². The number of thiazole rings is 1. The average molecular weight is 342 g/mol. The van der Waals surface area contributed by atoms with Gasteiger partial charge in [0.15, 0.2) is 5.78 Å². The van der Waals surface area contributed by atoms with Gasteiger partial charge in [0, 0.05) is 27.6 Å². The molecule has 116 valence electrons. The first kappa shape index (κ1) is 15.6. The maximum absolute atomic E-state index is 12.1. The highest BCUT2D eigenvalue weighted by molar-refractivity contribution is 7.14.